The summed E-state index contributed by atoms with van der Waals surface area (Å²) in [6, 6.07) is 6.38. The van der Waals surface area contributed by atoms with E-state index in [0.717, 1.165) is 52.1 Å². The summed E-state index contributed by atoms with van der Waals surface area (Å²) < 4.78 is 0. The lowest BCUT2D eigenvalue weighted by Crippen LogP contribution is -2.46. The molecule has 1 unspecified atom stereocenters. The second-order valence-electron chi connectivity index (χ2n) is 8.68. The highest BCUT2D eigenvalue weighted by atomic mass is 35.5. The van der Waals surface area contributed by atoms with Crippen LogP contribution < -0.4 is 5.32 Å². The predicted octanol–water partition coefficient (Wildman–Crippen LogP) is 4.20. The normalized spacial score (nSPS) is 28.9. The Morgan fingerprint density at radius 2 is 1.75 bits per heavy atom. The molecule has 1 amide bonds. The van der Waals surface area contributed by atoms with Gasteiger partial charge < -0.3 is 10.2 Å². The third-order valence-corrected chi connectivity index (χ3v) is 7.58. The quantitative estimate of drug-likeness (QED) is 0.744. The lowest BCUT2D eigenvalue weighted by Gasteiger charge is -2.35. The number of hydrogen-bond donors (Lipinski definition) is 1. The smallest absolute Gasteiger partial charge is 0.223 e. The molecule has 1 N–H and O–H groups in total. The van der Waals surface area contributed by atoms with E-state index >= 15 is 0 Å². The lowest BCUT2D eigenvalue weighted by atomic mass is 9.78. The van der Waals surface area contributed by atoms with E-state index in [-0.39, 0.29) is 5.92 Å². The number of nitrogens with zero attached hydrogens (tertiary/aromatic N) is 2. The average molecular weight is 424 g/mol. The number of piperazine rings is 1. The maximum atomic E-state index is 12.3. The van der Waals surface area contributed by atoms with Gasteiger partial charge in [-0.3, -0.25) is 9.69 Å². The molecule has 1 aliphatic carbocycles. The highest BCUT2D eigenvalue weighted by molar-refractivity contribution is 6.42. The van der Waals surface area contributed by atoms with Crippen molar-refractivity contribution in [2.24, 2.45) is 11.8 Å². The molecule has 3 aliphatic rings. The molecule has 0 spiro atoms. The molecule has 4 nitrogen and oxygen atoms in total. The Bertz CT molecular complexity index is 690. The first-order valence-corrected chi connectivity index (χ1v) is 11.5. The van der Waals surface area contributed by atoms with Crippen molar-refractivity contribution in [1.82, 2.24) is 15.1 Å². The van der Waals surface area contributed by atoms with E-state index in [2.05, 4.69) is 21.2 Å². The zero-order valence-corrected chi connectivity index (χ0v) is 18.0. The Morgan fingerprint density at radius 3 is 2.54 bits per heavy atom. The summed E-state index contributed by atoms with van der Waals surface area (Å²) >= 11 is 12.1. The first-order valence-electron chi connectivity index (χ1n) is 10.8. The monoisotopic (exact) mass is 423 g/mol. The predicted molar refractivity (Wildman–Crippen MR) is 115 cm³/mol. The first-order chi connectivity index (χ1) is 13.6. The molecule has 3 atom stereocenters. The van der Waals surface area contributed by atoms with Gasteiger partial charge in [0.25, 0.3) is 0 Å². The van der Waals surface area contributed by atoms with Crippen LogP contribution in [0.1, 0.15) is 44.1 Å². The Hall–Kier alpha value is -0.810. The van der Waals surface area contributed by atoms with Crippen LogP contribution in [0.15, 0.2) is 18.2 Å². The fourth-order valence-electron chi connectivity index (χ4n) is 5.25. The third-order valence-electron chi connectivity index (χ3n) is 6.85. The van der Waals surface area contributed by atoms with Crippen molar-refractivity contribution in [3.05, 3.63) is 33.8 Å². The summed E-state index contributed by atoms with van der Waals surface area (Å²) in [6.07, 6.45) is 7.19. The van der Waals surface area contributed by atoms with Gasteiger partial charge in [0.1, 0.15) is 0 Å². The van der Waals surface area contributed by atoms with Crippen LogP contribution in [0.4, 0.5) is 0 Å². The largest absolute Gasteiger partial charge is 0.353 e. The number of nitrogens with one attached hydrogen (secondary N) is 1. The highest BCUT2D eigenvalue weighted by Crippen LogP contribution is 2.37. The molecular weight excluding hydrogens is 393 g/mol. The van der Waals surface area contributed by atoms with Crippen LogP contribution >= 0.6 is 23.2 Å². The second kappa shape index (κ2) is 9.34. The topological polar surface area (TPSA) is 35.6 Å². The van der Waals surface area contributed by atoms with Gasteiger partial charge >= 0.3 is 0 Å². The fraction of sp³-hybridized carbons (Fsp3) is 0.682. The van der Waals surface area contributed by atoms with Crippen LogP contribution in [0, 0.1) is 11.8 Å². The Kier molecular flexibility index (Phi) is 6.82. The maximum absolute atomic E-state index is 12.3. The first kappa shape index (κ1) is 20.5. The van der Waals surface area contributed by atoms with Crippen molar-refractivity contribution in [2.75, 3.05) is 32.7 Å². The van der Waals surface area contributed by atoms with E-state index in [0.29, 0.717) is 27.9 Å². The Balaban J connectivity index is 1.18. The zero-order valence-electron chi connectivity index (χ0n) is 16.5. The standard InChI is InChI=1S/C22H31Cl2N3O/c23-19-8-7-16(14-20(19)24)15-27-12-10-26(11-13-27)9-3-5-18-17-4-1-2-6-21(17)25-22(18)28/h7-8,14,17-18,21H,1-6,9-13,15H2,(H,25,28)/t17-,18?,21+/m1/s1. The zero-order chi connectivity index (χ0) is 19.5. The number of halogens is 2. The summed E-state index contributed by atoms with van der Waals surface area (Å²) in [6.45, 7) is 6.40. The number of benzene rings is 1. The van der Waals surface area contributed by atoms with Gasteiger partial charge in [0, 0.05) is 44.7 Å². The van der Waals surface area contributed by atoms with Gasteiger partial charge in [-0.1, -0.05) is 42.1 Å². The van der Waals surface area contributed by atoms with Gasteiger partial charge in [-0.15, -0.1) is 0 Å². The van der Waals surface area contributed by atoms with Gasteiger partial charge in [0.05, 0.1) is 10.0 Å². The molecule has 1 aromatic carbocycles. The van der Waals surface area contributed by atoms with Crippen molar-refractivity contribution in [3.8, 4) is 0 Å². The molecule has 2 heterocycles. The molecule has 6 heteroatoms. The number of rotatable bonds is 6. The molecule has 1 aromatic rings. The van der Waals surface area contributed by atoms with E-state index < -0.39 is 0 Å². The molecule has 0 bridgehead atoms. The van der Waals surface area contributed by atoms with Crippen molar-refractivity contribution < 1.29 is 4.79 Å². The summed E-state index contributed by atoms with van der Waals surface area (Å²) in [5.74, 6) is 1.19. The van der Waals surface area contributed by atoms with Gasteiger partial charge in [0.2, 0.25) is 5.91 Å². The van der Waals surface area contributed by atoms with E-state index in [1.54, 1.807) is 0 Å². The number of carbonyl (C=O) groups excluding carboxylic acids is 1. The molecule has 0 aromatic heterocycles. The molecule has 28 heavy (non-hydrogen) atoms. The molecule has 4 rings (SSSR count). The van der Waals surface area contributed by atoms with Gasteiger partial charge in [-0.25, -0.2) is 0 Å². The highest BCUT2D eigenvalue weighted by Gasteiger charge is 2.42. The van der Waals surface area contributed by atoms with Crippen LogP contribution in [-0.4, -0.2) is 54.5 Å². The minimum Gasteiger partial charge on any atom is -0.353 e. The number of fused-ring (bicyclic) bond motifs is 1. The SMILES string of the molecule is O=C1N[C@H]2CCCC[C@@H]2C1CCCN1CCN(Cc2ccc(Cl)c(Cl)c2)CC1. The van der Waals surface area contributed by atoms with Gasteiger partial charge in [0.15, 0.2) is 0 Å². The van der Waals surface area contributed by atoms with Crippen molar-refractivity contribution in [3.63, 3.8) is 0 Å². The van der Waals surface area contributed by atoms with Crippen molar-refractivity contribution in [1.29, 1.82) is 0 Å². The molecular formula is C22H31Cl2N3O. The van der Waals surface area contributed by atoms with Gasteiger partial charge in [-0.05, 0) is 55.8 Å². The third kappa shape index (κ3) is 4.84. The molecule has 0 radical (unpaired) electrons. The molecule has 1 saturated carbocycles. The van der Waals surface area contributed by atoms with Crippen molar-refractivity contribution >= 4 is 29.1 Å². The van der Waals surface area contributed by atoms with Crippen LogP contribution in [0.5, 0.6) is 0 Å². The Morgan fingerprint density at radius 1 is 1.00 bits per heavy atom. The Labute approximate surface area is 178 Å². The summed E-state index contributed by atoms with van der Waals surface area (Å²) in [4.78, 5) is 17.4. The fourth-order valence-corrected chi connectivity index (χ4v) is 5.57. The lowest BCUT2D eigenvalue weighted by molar-refractivity contribution is -0.123. The van der Waals surface area contributed by atoms with E-state index in [4.69, 9.17) is 23.2 Å². The van der Waals surface area contributed by atoms with E-state index in [1.165, 1.54) is 31.2 Å². The molecule has 2 saturated heterocycles. The average Bonchev–Trinajstić information content (AvgIpc) is 3.01. The van der Waals surface area contributed by atoms with Crippen LogP contribution in [0.3, 0.4) is 0 Å². The van der Waals surface area contributed by atoms with E-state index in [9.17, 15) is 4.79 Å². The maximum Gasteiger partial charge on any atom is 0.223 e. The van der Waals surface area contributed by atoms with Crippen LogP contribution in [0.2, 0.25) is 10.0 Å². The summed E-state index contributed by atoms with van der Waals surface area (Å²) in [5, 5.41) is 4.50. The van der Waals surface area contributed by atoms with Crippen molar-refractivity contribution in [2.45, 2.75) is 51.1 Å². The second-order valence-corrected chi connectivity index (χ2v) is 9.49. The van der Waals surface area contributed by atoms with E-state index in [1.807, 2.05) is 12.1 Å². The molecule has 3 fully saturated rings. The molecule has 2 aliphatic heterocycles. The molecule has 154 valence electrons. The minimum absolute atomic E-state index is 0.265. The number of hydrogen-bond acceptors (Lipinski definition) is 3. The van der Waals surface area contributed by atoms with Crippen LogP contribution in [0.25, 0.3) is 0 Å². The minimum atomic E-state index is 0.265. The van der Waals surface area contributed by atoms with Gasteiger partial charge in [-0.2, -0.15) is 0 Å². The number of carbonyl (C=O) groups is 1. The van der Waals surface area contributed by atoms with Crippen LogP contribution in [-0.2, 0) is 11.3 Å². The number of amides is 1. The summed E-state index contributed by atoms with van der Waals surface area (Å²) in [7, 11) is 0. The summed E-state index contributed by atoms with van der Waals surface area (Å²) in [5.41, 5.74) is 1.22.